The normalized spacial score (nSPS) is 16.1. The molecule has 1 aromatic carbocycles. The summed E-state index contributed by atoms with van der Waals surface area (Å²) >= 11 is 11.8. The molecule has 1 amide bonds. The minimum atomic E-state index is 0.0120. The SMILES string of the molecule is O=C(CNc1ccc(Cl)cc1Cl)NC1CCCCC1. The lowest BCUT2D eigenvalue weighted by Crippen LogP contribution is -2.39. The first-order valence-corrected chi connectivity index (χ1v) is 7.39. The second-order valence-corrected chi connectivity index (χ2v) is 5.72. The van der Waals surface area contributed by atoms with Crippen LogP contribution in [0.15, 0.2) is 18.2 Å². The molecule has 2 N–H and O–H groups in total. The maximum Gasteiger partial charge on any atom is 0.239 e. The van der Waals surface area contributed by atoms with E-state index in [1.807, 2.05) is 0 Å². The Morgan fingerprint density at radius 3 is 2.63 bits per heavy atom. The second kappa shape index (κ2) is 7.01. The van der Waals surface area contributed by atoms with E-state index in [0.29, 0.717) is 16.1 Å². The highest BCUT2D eigenvalue weighted by Crippen LogP contribution is 2.25. The summed E-state index contributed by atoms with van der Waals surface area (Å²) in [5.74, 6) is 0.0120. The van der Waals surface area contributed by atoms with E-state index in [9.17, 15) is 4.79 Å². The van der Waals surface area contributed by atoms with Gasteiger partial charge in [0.25, 0.3) is 0 Å². The van der Waals surface area contributed by atoms with Crippen molar-refractivity contribution >= 4 is 34.8 Å². The monoisotopic (exact) mass is 300 g/mol. The molecule has 1 saturated carbocycles. The van der Waals surface area contributed by atoms with E-state index in [1.165, 1.54) is 19.3 Å². The number of anilines is 1. The topological polar surface area (TPSA) is 41.1 Å². The van der Waals surface area contributed by atoms with Crippen molar-refractivity contribution < 1.29 is 4.79 Å². The minimum absolute atomic E-state index is 0.0120. The van der Waals surface area contributed by atoms with Gasteiger partial charge in [-0.3, -0.25) is 4.79 Å². The van der Waals surface area contributed by atoms with Crippen LogP contribution in [0, 0.1) is 0 Å². The van der Waals surface area contributed by atoms with Gasteiger partial charge in [-0.25, -0.2) is 0 Å². The number of carbonyl (C=O) groups excluding carboxylic acids is 1. The van der Waals surface area contributed by atoms with Gasteiger partial charge in [-0.05, 0) is 31.0 Å². The number of hydrogen-bond acceptors (Lipinski definition) is 2. The number of amides is 1. The third-order valence-electron chi connectivity index (χ3n) is 3.34. The molecule has 0 bridgehead atoms. The molecule has 19 heavy (non-hydrogen) atoms. The molecule has 5 heteroatoms. The average molecular weight is 301 g/mol. The maximum atomic E-state index is 11.8. The Morgan fingerprint density at radius 2 is 1.95 bits per heavy atom. The van der Waals surface area contributed by atoms with Crippen molar-refractivity contribution in [2.75, 3.05) is 11.9 Å². The third-order valence-corrected chi connectivity index (χ3v) is 3.89. The van der Waals surface area contributed by atoms with Crippen LogP contribution in [0.25, 0.3) is 0 Å². The van der Waals surface area contributed by atoms with Crippen molar-refractivity contribution in [1.29, 1.82) is 0 Å². The Bertz CT molecular complexity index is 445. The quantitative estimate of drug-likeness (QED) is 0.886. The summed E-state index contributed by atoms with van der Waals surface area (Å²) in [4.78, 5) is 11.8. The van der Waals surface area contributed by atoms with E-state index in [2.05, 4.69) is 10.6 Å². The zero-order chi connectivity index (χ0) is 13.7. The second-order valence-electron chi connectivity index (χ2n) is 4.88. The molecule has 0 saturated heterocycles. The lowest BCUT2D eigenvalue weighted by Gasteiger charge is -2.23. The Hall–Kier alpha value is -0.930. The van der Waals surface area contributed by atoms with Crippen LogP contribution in [0.2, 0.25) is 10.0 Å². The van der Waals surface area contributed by atoms with E-state index >= 15 is 0 Å². The first-order chi connectivity index (χ1) is 9.15. The van der Waals surface area contributed by atoms with Crippen LogP contribution in [0.1, 0.15) is 32.1 Å². The number of nitrogens with one attached hydrogen (secondary N) is 2. The van der Waals surface area contributed by atoms with Gasteiger partial charge in [-0.2, -0.15) is 0 Å². The fourth-order valence-corrected chi connectivity index (χ4v) is 2.81. The van der Waals surface area contributed by atoms with Crippen LogP contribution in [-0.2, 0) is 4.79 Å². The molecule has 1 fully saturated rings. The van der Waals surface area contributed by atoms with Gasteiger partial charge >= 0.3 is 0 Å². The van der Waals surface area contributed by atoms with Gasteiger partial charge < -0.3 is 10.6 Å². The van der Waals surface area contributed by atoms with E-state index in [1.54, 1.807) is 18.2 Å². The first-order valence-electron chi connectivity index (χ1n) is 6.63. The summed E-state index contributed by atoms with van der Waals surface area (Å²) < 4.78 is 0. The van der Waals surface area contributed by atoms with E-state index in [0.717, 1.165) is 18.5 Å². The van der Waals surface area contributed by atoms with Gasteiger partial charge in [0.15, 0.2) is 0 Å². The molecule has 2 rings (SSSR count). The average Bonchev–Trinajstić information content (AvgIpc) is 2.39. The zero-order valence-electron chi connectivity index (χ0n) is 10.7. The highest BCUT2D eigenvalue weighted by molar-refractivity contribution is 6.36. The van der Waals surface area contributed by atoms with Crippen molar-refractivity contribution in [2.24, 2.45) is 0 Å². The molecule has 0 radical (unpaired) electrons. The third kappa shape index (κ3) is 4.59. The standard InChI is InChI=1S/C14H18Cl2N2O/c15-10-6-7-13(12(16)8-10)17-9-14(19)18-11-4-2-1-3-5-11/h6-8,11,17H,1-5,9H2,(H,18,19). The van der Waals surface area contributed by atoms with E-state index in [4.69, 9.17) is 23.2 Å². The lowest BCUT2D eigenvalue weighted by molar-refractivity contribution is -0.120. The Morgan fingerprint density at radius 1 is 1.21 bits per heavy atom. The Kier molecular flexibility index (Phi) is 5.34. The molecule has 0 heterocycles. The van der Waals surface area contributed by atoms with Crippen molar-refractivity contribution in [3.63, 3.8) is 0 Å². The van der Waals surface area contributed by atoms with Crippen molar-refractivity contribution in [3.8, 4) is 0 Å². The van der Waals surface area contributed by atoms with Gasteiger partial charge in [0.2, 0.25) is 5.91 Å². The molecule has 0 atom stereocenters. The minimum Gasteiger partial charge on any atom is -0.375 e. The predicted octanol–water partition coefficient (Wildman–Crippen LogP) is 3.85. The van der Waals surface area contributed by atoms with Crippen molar-refractivity contribution in [3.05, 3.63) is 28.2 Å². The predicted molar refractivity (Wildman–Crippen MR) is 80.0 cm³/mol. The Labute approximate surface area is 123 Å². The van der Waals surface area contributed by atoms with Crippen molar-refractivity contribution in [1.82, 2.24) is 5.32 Å². The molecule has 1 aliphatic carbocycles. The van der Waals surface area contributed by atoms with Gasteiger partial charge in [0.05, 0.1) is 17.3 Å². The molecule has 0 spiro atoms. The zero-order valence-corrected chi connectivity index (χ0v) is 12.2. The highest BCUT2D eigenvalue weighted by atomic mass is 35.5. The van der Waals surface area contributed by atoms with Gasteiger partial charge in [-0.1, -0.05) is 42.5 Å². The molecule has 0 aromatic heterocycles. The van der Waals surface area contributed by atoms with Gasteiger partial charge in [0.1, 0.15) is 0 Å². The molecule has 0 unspecified atom stereocenters. The number of halogens is 2. The number of carbonyl (C=O) groups is 1. The van der Waals surface area contributed by atoms with Crippen LogP contribution in [0.3, 0.4) is 0 Å². The number of hydrogen-bond donors (Lipinski definition) is 2. The Balaban J connectivity index is 1.79. The van der Waals surface area contributed by atoms with Crippen LogP contribution in [-0.4, -0.2) is 18.5 Å². The largest absolute Gasteiger partial charge is 0.375 e. The van der Waals surface area contributed by atoms with Gasteiger partial charge in [-0.15, -0.1) is 0 Å². The highest BCUT2D eigenvalue weighted by Gasteiger charge is 2.15. The van der Waals surface area contributed by atoms with Crippen molar-refractivity contribution in [2.45, 2.75) is 38.1 Å². The number of benzene rings is 1. The number of rotatable bonds is 4. The molecule has 1 aromatic rings. The summed E-state index contributed by atoms with van der Waals surface area (Å²) in [5.41, 5.74) is 0.727. The first kappa shape index (κ1) is 14.5. The summed E-state index contributed by atoms with van der Waals surface area (Å²) in [7, 11) is 0. The summed E-state index contributed by atoms with van der Waals surface area (Å²) in [6.45, 7) is 0.234. The smallest absolute Gasteiger partial charge is 0.239 e. The fraction of sp³-hybridized carbons (Fsp3) is 0.500. The molecule has 0 aliphatic heterocycles. The molecular weight excluding hydrogens is 283 g/mol. The summed E-state index contributed by atoms with van der Waals surface area (Å²) in [6.07, 6.45) is 5.88. The molecule has 1 aliphatic rings. The molecule has 3 nitrogen and oxygen atoms in total. The van der Waals surface area contributed by atoms with Gasteiger partial charge in [0, 0.05) is 11.1 Å². The van der Waals surface area contributed by atoms with Crippen LogP contribution in [0.4, 0.5) is 5.69 Å². The summed E-state index contributed by atoms with van der Waals surface area (Å²) in [5, 5.41) is 7.19. The van der Waals surface area contributed by atoms with E-state index < -0.39 is 0 Å². The van der Waals surface area contributed by atoms with E-state index in [-0.39, 0.29) is 12.5 Å². The van der Waals surface area contributed by atoms with Crippen LogP contribution < -0.4 is 10.6 Å². The molecular formula is C14H18Cl2N2O. The summed E-state index contributed by atoms with van der Waals surface area (Å²) in [6, 6.07) is 5.52. The maximum absolute atomic E-state index is 11.8. The fourth-order valence-electron chi connectivity index (χ4n) is 2.33. The lowest BCUT2D eigenvalue weighted by atomic mass is 9.95. The molecule has 104 valence electrons. The van der Waals surface area contributed by atoms with Crippen LogP contribution in [0.5, 0.6) is 0 Å². The van der Waals surface area contributed by atoms with Crippen LogP contribution >= 0.6 is 23.2 Å².